The number of aliphatic hydroxyl groups is 2. The van der Waals surface area contributed by atoms with Gasteiger partial charge in [0.1, 0.15) is 0 Å². The number of carbonyl (C=O) groups is 1. The number of amides is 1. The molecule has 4 nitrogen and oxygen atoms in total. The molecule has 0 aromatic heterocycles. The highest BCUT2D eigenvalue weighted by molar-refractivity contribution is 5.76. The molecule has 1 amide bonds. The molecule has 0 fully saturated rings. The summed E-state index contributed by atoms with van der Waals surface area (Å²) in [6, 6.07) is -0.673. The van der Waals surface area contributed by atoms with Crippen molar-refractivity contribution in [3.8, 4) is 0 Å². The second-order valence-corrected chi connectivity index (χ2v) is 19.3. The van der Waals surface area contributed by atoms with Crippen LogP contribution in [0.15, 0.2) is 158 Å². The molecule has 0 aliphatic carbocycles. The summed E-state index contributed by atoms with van der Waals surface area (Å²) in [5.41, 5.74) is 0. The van der Waals surface area contributed by atoms with Gasteiger partial charge in [-0.15, -0.1) is 0 Å². The Bertz CT molecular complexity index is 1540. The number of nitrogens with one attached hydrogen (secondary N) is 1. The molecule has 0 rings (SSSR count). The Morgan fingerprint density at radius 1 is 0.347 bits per heavy atom. The Hall–Kier alpha value is -3.99. The van der Waals surface area contributed by atoms with Crippen LogP contribution in [0.2, 0.25) is 0 Å². The summed E-state index contributed by atoms with van der Waals surface area (Å²) in [7, 11) is 0. The summed E-state index contributed by atoms with van der Waals surface area (Å²) in [4.78, 5) is 12.5. The van der Waals surface area contributed by atoms with Crippen molar-refractivity contribution in [1.82, 2.24) is 5.32 Å². The first kappa shape index (κ1) is 68.0. The van der Waals surface area contributed by atoms with Crippen LogP contribution in [0.25, 0.3) is 0 Å². The first-order chi connectivity index (χ1) is 35.7. The van der Waals surface area contributed by atoms with Gasteiger partial charge in [-0.05, 0) is 122 Å². The smallest absolute Gasteiger partial charge is 0.220 e. The first-order valence-electron chi connectivity index (χ1n) is 29.7. The summed E-state index contributed by atoms with van der Waals surface area (Å²) in [5, 5.41) is 23.1. The van der Waals surface area contributed by atoms with Crippen LogP contribution in [0.1, 0.15) is 245 Å². The molecule has 0 aliphatic rings. The highest BCUT2D eigenvalue weighted by atomic mass is 16.3. The molecule has 0 saturated carbocycles. The molecule has 2 unspecified atom stereocenters. The van der Waals surface area contributed by atoms with Gasteiger partial charge in [0, 0.05) is 6.42 Å². The van der Waals surface area contributed by atoms with Crippen molar-refractivity contribution in [1.29, 1.82) is 0 Å². The van der Waals surface area contributed by atoms with Crippen LogP contribution in [0, 0.1) is 0 Å². The van der Waals surface area contributed by atoms with Crippen molar-refractivity contribution in [3.05, 3.63) is 158 Å². The minimum Gasteiger partial charge on any atom is -0.394 e. The fraction of sp³-hybridized carbons (Fsp3) is 0.603. The molecule has 0 aromatic carbocycles. The van der Waals surface area contributed by atoms with Gasteiger partial charge in [0.2, 0.25) is 5.91 Å². The summed E-state index contributed by atoms with van der Waals surface area (Å²) >= 11 is 0. The molecule has 0 spiro atoms. The number of hydrogen-bond acceptors (Lipinski definition) is 3. The third kappa shape index (κ3) is 56.9. The van der Waals surface area contributed by atoms with Crippen LogP contribution in [0.5, 0.6) is 0 Å². The van der Waals surface area contributed by atoms with E-state index < -0.39 is 12.1 Å². The van der Waals surface area contributed by atoms with Crippen LogP contribution in [-0.2, 0) is 4.79 Å². The molecule has 0 heterocycles. The van der Waals surface area contributed by atoms with Crippen molar-refractivity contribution in [2.45, 2.75) is 257 Å². The fourth-order valence-electron chi connectivity index (χ4n) is 8.00. The molecule has 3 N–H and O–H groups in total. The monoisotopic (exact) mass is 990 g/mol. The average molecular weight is 991 g/mol. The maximum Gasteiger partial charge on any atom is 0.220 e. The number of allylic oxidation sites excluding steroid dienone is 25. The Balaban J connectivity index is 3.72. The maximum absolute atomic E-state index is 12.5. The molecule has 0 radical (unpaired) electrons. The van der Waals surface area contributed by atoms with E-state index in [-0.39, 0.29) is 12.5 Å². The summed E-state index contributed by atoms with van der Waals surface area (Å²) in [6.07, 6.45) is 98.3. The van der Waals surface area contributed by atoms with Crippen LogP contribution >= 0.6 is 0 Å². The zero-order chi connectivity index (χ0) is 52.0. The van der Waals surface area contributed by atoms with E-state index in [4.69, 9.17) is 0 Å². The molecule has 0 aliphatic heterocycles. The van der Waals surface area contributed by atoms with Crippen LogP contribution in [-0.4, -0.2) is 34.9 Å². The van der Waals surface area contributed by atoms with E-state index in [1.807, 2.05) is 6.08 Å². The second kappa shape index (κ2) is 61.3. The second-order valence-electron chi connectivity index (χ2n) is 19.3. The fourth-order valence-corrected chi connectivity index (χ4v) is 8.00. The normalized spacial score (nSPS) is 14.0. The zero-order valence-electron chi connectivity index (χ0n) is 46.6. The quantitative estimate of drug-likeness (QED) is 0.0420. The lowest BCUT2D eigenvalue weighted by Crippen LogP contribution is -2.45. The largest absolute Gasteiger partial charge is 0.394 e. The van der Waals surface area contributed by atoms with Gasteiger partial charge in [-0.1, -0.05) is 275 Å². The van der Waals surface area contributed by atoms with E-state index in [2.05, 4.69) is 165 Å². The molecule has 0 aromatic rings. The van der Waals surface area contributed by atoms with Gasteiger partial charge in [-0.2, -0.15) is 0 Å². The van der Waals surface area contributed by atoms with Crippen LogP contribution < -0.4 is 5.32 Å². The predicted octanol–water partition coefficient (Wildman–Crippen LogP) is 20.1. The van der Waals surface area contributed by atoms with Gasteiger partial charge in [-0.3, -0.25) is 4.79 Å². The third-order valence-electron chi connectivity index (χ3n) is 12.5. The van der Waals surface area contributed by atoms with Gasteiger partial charge >= 0.3 is 0 Å². The van der Waals surface area contributed by atoms with Crippen molar-refractivity contribution in [2.24, 2.45) is 0 Å². The SMILES string of the molecule is CC/C=C\C/C=C\C/C=C\C/C=C\C/C=C\C/C=C\C/C=C\C/C=C\C/C=C\C/C=C\CCCCCCC(=O)NC(CO)C(O)/C=C/CC/C=C/CC/C=C/CCCCCCCCCCCCCCCCC. The van der Waals surface area contributed by atoms with Gasteiger partial charge in [0.15, 0.2) is 0 Å². The van der Waals surface area contributed by atoms with Crippen molar-refractivity contribution in [3.63, 3.8) is 0 Å². The van der Waals surface area contributed by atoms with E-state index in [1.54, 1.807) is 6.08 Å². The predicted molar refractivity (Wildman–Crippen MR) is 321 cm³/mol. The minimum atomic E-state index is -0.895. The molecule has 406 valence electrons. The average Bonchev–Trinajstić information content (AvgIpc) is 3.39. The number of carbonyl (C=O) groups excluding carboxylic acids is 1. The molecular weight excluding hydrogens is 879 g/mol. The van der Waals surface area contributed by atoms with Gasteiger partial charge in [0.25, 0.3) is 0 Å². The van der Waals surface area contributed by atoms with Gasteiger partial charge < -0.3 is 15.5 Å². The Morgan fingerprint density at radius 3 is 0.972 bits per heavy atom. The van der Waals surface area contributed by atoms with E-state index in [0.29, 0.717) is 6.42 Å². The lowest BCUT2D eigenvalue weighted by molar-refractivity contribution is -0.123. The number of hydrogen-bond donors (Lipinski definition) is 3. The molecule has 4 heteroatoms. The van der Waals surface area contributed by atoms with Crippen molar-refractivity contribution in [2.75, 3.05) is 6.61 Å². The van der Waals surface area contributed by atoms with Crippen molar-refractivity contribution < 1.29 is 15.0 Å². The van der Waals surface area contributed by atoms with E-state index >= 15 is 0 Å². The lowest BCUT2D eigenvalue weighted by atomic mass is 10.0. The lowest BCUT2D eigenvalue weighted by Gasteiger charge is -2.19. The van der Waals surface area contributed by atoms with Gasteiger partial charge in [-0.25, -0.2) is 0 Å². The third-order valence-corrected chi connectivity index (χ3v) is 12.5. The highest BCUT2D eigenvalue weighted by Gasteiger charge is 2.17. The minimum absolute atomic E-state index is 0.108. The standard InChI is InChI=1S/C68H111NO3/c1-3-5-7-9-11-13-15-17-19-21-23-25-27-29-30-31-32-33-34-35-36-37-38-40-42-44-46-48-50-52-54-56-58-60-62-64-68(72)69-66(65-70)67(71)63-61-59-57-55-53-51-49-47-45-43-41-39-28-26-24-22-20-18-16-14-12-10-8-6-4-2/h5,7,11,13,17,19,23,25,29-30,32-33,35-36,38,40,44-47,50,52-53,55,61,63,66-67,70-71H,3-4,6,8-10,12,14-16,18,20-22,24,26-28,31,34,37,39,41-43,48-49,51,54,56-60,62,64-65H2,1-2H3,(H,69,72)/b7-5-,13-11-,19-17-,25-23-,30-29-,33-32-,36-35-,40-38-,46-44-,47-45+,52-50-,55-53+,63-61+. The highest BCUT2D eigenvalue weighted by Crippen LogP contribution is 2.14. The molecule has 72 heavy (non-hydrogen) atoms. The summed E-state index contributed by atoms with van der Waals surface area (Å²) in [6.45, 7) is 4.17. The topological polar surface area (TPSA) is 69.6 Å². The zero-order valence-corrected chi connectivity index (χ0v) is 46.6. The first-order valence-corrected chi connectivity index (χ1v) is 29.7. The van der Waals surface area contributed by atoms with E-state index in [1.165, 1.54) is 103 Å². The Kier molecular flexibility index (Phi) is 57.9. The molecule has 0 bridgehead atoms. The van der Waals surface area contributed by atoms with Crippen LogP contribution in [0.3, 0.4) is 0 Å². The summed E-state index contributed by atoms with van der Waals surface area (Å²) < 4.78 is 0. The Labute approximate surface area is 446 Å². The summed E-state index contributed by atoms with van der Waals surface area (Å²) in [5.74, 6) is -0.108. The van der Waals surface area contributed by atoms with E-state index in [9.17, 15) is 15.0 Å². The molecule has 2 atom stereocenters. The van der Waals surface area contributed by atoms with E-state index in [0.717, 1.165) is 122 Å². The molecule has 0 saturated heterocycles. The Morgan fingerprint density at radius 2 is 0.625 bits per heavy atom. The number of unbranched alkanes of at least 4 members (excludes halogenated alkanes) is 21. The van der Waals surface area contributed by atoms with Gasteiger partial charge in [0.05, 0.1) is 18.8 Å². The van der Waals surface area contributed by atoms with Crippen molar-refractivity contribution >= 4 is 5.91 Å². The molecular formula is C68H111NO3. The number of aliphatic hydroxyl groups excluding tert-OH is 2. The van der Waals surface area contributed by atoms with Crippen LogP contribution in [0.4, 0.5) is 0 Å². The maximum atomic E-state index is 12.5. The number of rotatable bonds is 52.